The zero-order valence-electron chi connectivity index (χ0n) is 29.5. The van der Waals surface area contributed by atoms with Crippen molar-refractivity contribution in [3.05, 3.63) is 124 Å². The molecular weight excluding hydrogens is 693 g/mol. The number of benzene rings is 4. The van der Waals surface area contributed by atoms with Gasteiger partial charge in [-0.1, -0.05) is 62.9 Å². The second kappa shape index (κ2) is 19.4. The van der Waals surface area contributed by atoms with Crippen molar-refractivity contribution in [2.24, 2.45) is 0 Å². The SMILES string of the molecule is CCCCCCCOc1ccc(C(=O)Oc2ccc(CN(CC(=O)O)C(=O)c3ccc(C(O)NCc4ccc(OC)cc4C(F)(F)F)cc3)cc2)cc1. The number of amides is 1. The number of halogens is 3. The molecule has 3 N–H and O–H groups in total. The summed E-state index contributed by atoms with van der Waals surface area (Å²) in [5.41, 5.74) is 0.316. The summed E-state index contributed by atoms with van der Waals surface area (Å²) in [7, 11) is 1.26. The molecule has 4 aromatic carbocycles. The molecule has 0 fully saturated rings. The van der Waals surface area contributed by atoms with Gasteiger partial charge in [-0.3, -0.25) is 14.9 Å². The normalized spacial score (nSPS) is 11.8. The van der Waals surface area contributed by atoms with E-state index in [9.17, 15) is 37.8 Å². The number of aliphatic carboxylic acids is 1. The van der Waals surface area contributed by atoms with Crippen LogP contribution in [0.15, 0.2) is 91.0 Å². The molecule has 0 aliphatic heterocycles. The van der Waals surface area contributed by atoms with Gasteiger partial charge in [0.2, 0.25) is 0 Å². The van der Waals surface area contributed by atoms with E-state index in [0.29, 0.717) is 23.5 Å². The van der Waals surface area contributed by atoms with E-state index in [1.165, 1.54) is 62.8 Å². The number of esters is 1. The lowest BCUT2D eigenvalue weighted by Crippen LogP contribution is -2.35. The number of nitrogens with one attached hydrogen (secondary N) is 1. The van der Waals surface area contributed by atoms with Crippen LogP contribution < -0.4 is 19.5 Å². The fourth-order valence-corrected chi connectivity index (χ4v) is 5.41. The van der Waals surface area contributed by atoms with Gasteiger partial charge in [-0.25, -0.2) is 4.79 Å². The average molecular weight is 737 g/mol. The summed E-state index contributed by atoms with van der Waals surface area (Å²) in [6.45, 7) is 1.78. The van der Waals surface area contributed by atoms with Crippen LogP contribution in [0.1, 0.15) is 88.2 Å². The summed E-state index contributed by atoms with van der Waals surface area (Å²) in [6, 6.07) is 22.1. The predicted octanol–water partition coefficient (Wildman–Crippen LogP) is 7.79. The molecule has 0 radical (unpaired) electrons. The lowest BCUT2D eigenvalue weighted by atomic mass is 10.1. The lowest BCUT2D eigenvalue weighted by Gasteiger charge is -2.22. The number of nitrogens with zero attached hydrogens (tertiary/aromatic N) is 1. The number of aliphatic hydroxyl groups excluding tert-OH is 1. The number of carboxylic acids is 1. The highest BCUT2D eigenvalue weighted by atomic mass is 19.4. The Bertz CT molecular complexity index is 1800. The molecule has 0 aliphatic carbocycles. The maximum atomic E-state index is 13.6. The summed E-state index contributed by atoms with van der Waals surface area (Å²) in [5.74, 6) is -1.44. The minimum atomic E-state index is -4.63. The fourth-order valence-electron chi connectivity index (χ4n) is 5.41. The number of carbonyl (C=O) groups excluding carboxylic acids is 2. The molecule has 10 nitrogen and oxygen atoms in total. The average Bonchev–Trinajstić information content (AvgIpc) is 3.15. The molecule has 1 atom stereocenters. The van der Waals surface area contributed by atoms with E-state index in [4.69, 9.17) is 14.2 Å². The van der Waals surface area contributed by atoms with Crippen molar-refractivity contribution < 1.29 is 52.0 Å². The third kappa shape index (κ3) is 12.4. The third-order valence-electron chi connectivity index (χ3n) is 8.31. The molecule has 4 aromatic rings. The van der Waals surface area contributed by atoms with Gasteiger partial charge in [0.15, 0.2) is 0 Å². The third-order valence-corrected chi connectivity index (χ3v) is 8.31. The second-order valence-corrected chi connectivity index (χ2v) is 12.3. The summed E-state index contributed by atoms with van der Waals surface area (Å²) >= 11 is 0. The van der Waals surface area contributed by atoms with E-state index >= 15 is 0 Å². The van der Waals surface area contributed by atoms with Crippen LogP contribution in [-0.4, -0.2) is 53.2 Å². The van der Waals surface area contributed by atoms with E-state index < -0.39 is 42.4 Å². The zero-order chi connectivity index (χ0) is 38.4. The number of carbonyl (C=O) groups is 3. The molecule has 0 spiro atoms. The highest BCUT2D eigenvalue weighted by Gasteiger charge is 2.34. The topological polar surface area (TPSA) is 135 Å². The molecule has 0 bridgehead atoms. The van der Waals surface area contributed by atoms with Crippen LogP contribution in [0, 0.1) is 0 Å². The standard InChI is InChI=1S/C40H43F3N2O8/c1-3-4-5-6-7-22-52-32-19-14-30(15-20-32)39(50)53-33-17-8-27(9-18-33)25-45(26-36(46)47)38(49)29-12-10-28(11-13-29)37(48)44-24-31-16-21-34(51-2)23-35(31)40(41,42)43/h8-21,23,37,44,48H,3-7,22,24-26H2,1-2H3,(H,46,47). The molecular formula is C40H43F3N2O8. The van der Waals surface area contributed by atoms with Crippen molar-refractivity contribution in [1.82, 2.24) is 10.2 Å². The molecule has 0 heterocycles. The number of unbranched alkanes of at least 4 members (excludes halogenated alkanes) is 4. The first kappa shape index (κ1) is 40.4. The van der Waals surface area contributed by atoms with Crippen LogP contribution in [0.5, 0.6) is 17.2 Å². The molecule has 4 rings (SSSR count). The first-order valence-electron chi connectivity index (χ1n) is 17.2. The van der Waals surface area contributed by atoms with Gasteiger partial charge in [-0.15, -0.1) is 0 Å². The van der Waals surface area contributed by atoms with Gasteiger partial charge in [-0.05, 0) is 83.8 Å². The van der Waals surface area contributed by atoms with E-state index in [1.807, 2.05) is 0 Å². The number of alkyl halides is 3. The van der Waals surface area contributed by atoms with Gasteiger partial charge in [0, 0.05) is 18.7 Å². The Hall–Kier alpha value is -5.40. The van der Waals surface area contributed by atoms with Gasteiger partial charge in [0.05, 0.1) is 24.8 Å². The van der Waals surface area contributed by atoms with Gasteiger partial charge >= 0.3 is 18.1 Å². The van der Waals surface area contributed by atoms with Crippen LogP contribution in [0.2, 0.25) is 0 Å². The number of hydrogen-bond acceptors (Lipinski definition) is 8. The van der Waals surface area contributed by atoms with Gasteiger partial charge in [-0.2, -0.15) is 13.2 Å². The van der Waals surface area contributed by atoms with Crippen molar-refractivity contribution in [3.8, 4) is 17.2 Å². The van der Waals surface area contributed by atoms with E-state index in [-0.39, 0.29) is 41.3 Å². The van der Waals surface area contributed by atoms with E-state index in [2.05, 4.69) is 12.2 Å². The van der Waals surface area contributed by atoms with E-state index in [0.717, 1.165) is 23.8 Å². The van der Waals surface area contributed by atoms with Crippen LogP contribution >= 0.6 is 0 Å². The minimum absolute atomic E-state index is 0.0450. The quantitative estimate of drug-likeness (QED) is 0.0382. The molecule has 1 unspecified atom stereocenters. The monoisotopic (exact) mass is 736 g/mol. The van der Waals surface area contributed by atoms with Crippen molar-refractivity contribution in [1.29, 1.82) is 0 Å². The van der Waals surface area contributed by atoms with Crippen molar-refractivity contribution in [3.63, 3.8) is 0 Å². The Morgan fingerprint density at radius 2 is 1.43 bits per heavy atom. The first-order valence-corrected chi connectivity index (χ1v) is 17.2. The number of hydrogen-bond donors (Lipinski definition) is 3. The Morgan fingerprint density at radius 1 is 0.811 bits per heavy atom. The Balaban J connectivity index is 1.32. The highest BCUT2D eigenvalue weighted by Crippen LogP contribution is 2.34. The van der Waals surface area contributed by atoms with Crippen LogP contribution in [0.25, 0.3) is 0 Å². The summed E-state index contributed by atoms with van der Waals surface area (Å²) in [4.78, 5) is 38.8. The number of ether oxygens (including phenoxy) is 3. The molecule has 1 amide bonds. The maximum absolute atomic E-state index is 13.6. The number of carboxylic acid groups (broad SMARTS) is 1. The van der Waals surface area contributed by atoms with Gasteiger partial charge in [0.25, 0.3) is 5.91 Å². The van der Waals surface area contributed by atoms with Crippen molar-refractivity contribution >= 4 is 17.8 Å². The molecule has 282 valence electrons. The zero-order valence-corrected chi connectivity index (χ0v) is 29.5. The van der Waals surface area contributed by atoms with Crippen LogP contribution in [0.4, 0.5) is 13.2 Å². The maximum Gasteiger partial charge on any atom is 0.416 e. The number of rotatable bonds is 19. The molecule has 0 saturated carbocycles. The fraction of sp³-hybridized carbons (Fsp3) is 0.325. The van der Waals surface area contributed by atoms with E-state index in [1.54, 1.807) is 48.5 Å². The van der Waals surface area contributed by atoms with Gasteiger partial charge < -0.3 is 29.3 Å². The van der Waals surface area contributed by atoms with Crippen molar-refractivity contribution in [2.45, 2.75) is 64.5 Å². The molecule has 0 saturated heterocycles. The molecule has 13 heteroatoms. The summed E-state index contributed by atoms with van der Waals surface area (Å²) < 4.78 is 56.8. The predicted molar refractivity (Wildman–Crippen MR) is 191 cm³/mol. The molecule has 0 aliphatic rings. The molecule has 0 aromatic heterocycles. The summed E-state index contributed by atoms with van der Waals surface area (Å²) in [5, 5.41) is 22.8. The Morgan fingerprint density at radius 3 is 2.06 bits per heavy atom. The minimum Gasteiger partial charge on any atom is -0.497 e. The Labute approximate surface area is 306 Å². The Kier molecular flexibility index (Phi) is 14.8. The molecule has 53 heavy (non-hydrogen) atoms. The smallest absolute Gasteiger partial charge is 0.416 e. The first-order chi connectivity index (χ1) is 25.4. The summed E-state index contributed by atoms with van der Waals surface area (Å²) in [6.07, 6.45) is -0.348. The highest BCUT2D eigenvalue weighted by molar-refractivity contribution is 5.96. The van der Waals surface area contributed by atoms with Crippen molar-refractivity contribution in [2.75, 3.05) is 20.3 Å². The number of aliphatic hydroxyl groups is 1. The second-order valence-electron chi connectivity index (χ2n) is 12.3. The lowest BCUT2D eigenvalue weighted by molar-refractivity contribution is -0.139. The largest absolute Gasteiger partial charge is 0.497 e. The van der Waals surface area contributed by atoms with Crippen LogP contribution in [-0.2, 0) is 24.1 Å². The van der Waals surface area contributed by atoms with Gasteiger partial charge in [0.1, 0.15) is 30.0 Å². The van der Waals surface area contributed by atoms with Crippen LogP contribution in [0.3, 0.4) is 0 Å². The number of methoxy groups -OCH3 is 1.